The number of carbonyl (C=O) groups excluding carboxylic acids is 1. The number of fused-ring (bicyclic) bond motifs is 2. The molecule has 6 nitrogen and oxygen atoms in total. The average Bonchev–Trinajstić information content (AvgIpc) is 3.24. The molecule has 0 N–H and O–H groups in total. The zero-order chi connectivity index (χ0) is 26.9. The van der Waals surface area contributed by atoms with Crippen molar-refractivity contribution in [2.24, 2.45) is 0 Å². The molecule has 0 bridgehead atoms. The Bertz CT molecular complexity index is 1730. The van der Waals surface area contributed by atoms with Gasteiger partial charge in [0.15, 0.2) is 16.9 Å². The Kier molecular flexibility index (Phi) is 6.37. The van der Waals surface area contributed by atoms with Crippen LogP contribution in [0.1, 0.15) is 44.4 Å². The van der Waals surface area contributed by atoms with Crippen molar-refractivity contribution in [1.82, 2.24) is 4.90 Å². The molecule has 5 aromatic rings. The Hall–Kier alpha value is -4.84. The number of carbonyl (C=O) groups is 1. The van der Waals surface area contributed by atoms with Gasteiger partial charge >= 0.3 is 0 Å². The maximum atomic E-state index is 13.9. The van der Waals surface area contributed by atoms with Crippen molar-refractivity contribution in [2.45, 2.75) is 26.1 Å². The first-order valence-corrected chi connectivity index (χ1v) is 12.8. The smallest absolute Gasteiger partial charge is 0.291 e. The van der Waals surface area contributed by atoms with E-state index in [0.29, 0.717) is 41.2 Å². The Labute approximate surface area is 226 Å². The van der Waals surface area contributed by atoms with Crippen LogP contribution in [-0.2, 0) is 13.2 Å². The minimum atomic E-state index is -0.647. The molecule has 0 aliphatic carbocycles. The Morgan fingerprint density at radius 1 is 0.821 bits per heavy atom. The lowest BCUT2D eigenvalue weighted by molar-refractivity contribution is 0.0714. The molecule has 4 aromatic carbocycles. The van der Waals surface area contributed by atoms with Gasteiger partial charge in [0.2, 0.25) is 5.76 Å². The van der Waals surface area contributed by atoms with Crippen LogP contribution < -0.4 is 14.9 Å². The molecular formula is C33H27NO5. The monoisotopic (exact) mass is 517 g/mol. The standard InChI is InChI=1S/C33H27NO5/c1-21-13-15-26-25(17-21)31(35)29-30(34(33(36)32(29)39-26)19-22-9-5-3-6-10-22)24-14-16-27(28(18-24)37-2)38-20-23-11-7-4-8-12-23/h3-18,30H,19-20H2,1-2H3. The molecule has 1 unspecified atom stereocenters. The van der Waals surface area contributed by atoms with E-state index in [4.69, 9.17) is 13.9 Å². The molecule has 0 saturated heterocycles. The Morgan fingerprint density at radius 3 is 2.26 bits per heavy atom. The summed E-state index contributed by atoms with van der Waals surface area (Å²) in [7, 11) is 1.58. The van der Waals surface area contributed by atoms with Crippen LogP contribution in [0.15, 0.2) is 106 Å². The van der Waals surface area contributed by atoms with E-state index in [1.807, 2.05) is 97.9 Å². The van der Waals surface area contributed by atoms with Crippen molar-refractivity contribution in [3.8, 4) is 11.5 Å². The first-order chi connectivity index (χ1) is 19.0. The predicted octanol–water partition coefficient (Wildman–Crippen LogP) is 6.43. The lowest BCUT2D eigenvalue weighted by atomic mass is 9.97. The van der Waals surface area contributed by atoms with Gasteiger partial charge in [0.05, 0.1) is 24.1 Å². The second kappa shape index (κ2) is 10.1. The Morgan fingerprint density at radius 2 is 1.54 bits per heavy atom. The number of benzene rings is 4. The van der Waals surface area contributed by atoms with Gasteiger partial charge in [-0.15, -0.1) is 0 Å². The molecule has 0 radical (unpaired) electrons. The second-order valence-corrected chi connectivity index (χ2v) is 9.68. The number of nitrogens with zero attached hydrogens (tertiary/aromatic N) is 1. The second-order valence-electron chi connectivity index (χ2n) is 9.68. The largest absolute Gasteiger partial charge is 0.493 e. The number of hydrogen-bond acceptors (Lipinski definition) is 5. The molecular weight excluding hydrogens is 490 g/mol. The molecule has 6 rings (SSSR count). The summed E-state index contributed by atoms with van der Waals surface area (Å²) < 4.78 is 17.8. The van der Waals surface area contributed by atoms with Crippen molar-refractivity contribution in [1.29, 1.82) is 0 Å². The summed E-state index contributed by atoms with van der Waals surface area (Å²) in [6.45, 7) is 2.63. The molecule has 1 aromatic heterocycles. The van der Waals surface area contributed by atoms with Gasteiger partial charge in [-0.2, -0.15) is 0 Å². The molecule has 1 aliphatic rings. The van der Waals surface area contributed by atoms with Gasteiger partial charge in [-0.3, -0.25) is 9.59 Å². The normalized spacial score (nSPS) is 14.5. The molecule has 39 heavy (non-hydrogen) atoms. The fraction of sp³-hybridized carbons (Fsp3) is 0.152. The quantitative estimate of drug-likeness (QED) is 0.249. The highest BCUT2D eigenvalue weighted by Gasteiger charge is 2.43. The van der Waals surface area contributed by atoms with Gasteiger partial charge in [-0.25, -0.2) is 0 Å². The van der Waals surface area contributed by atoms with Gasteiger partial charge in [0.1, 0.15) is 12.2 Å². The summed E-state index contributed by atoms with van der Waals surface area (Å²) in [5.41, 5.74) is 4.21. The van der Waals surface area contributed by atoms with Gasteiger partial charge in [0, 0.05) is 6.54 Å². The number of aryl methyl sites for hydroxylation is 1. The van der Waals surface area contributed by atoms with E-state index >= 15 is 0 Å². The summed E-state index contributed by atoms with van der Waals surface area (Å²) in [4.78, 5) is 29.3. The van der Waals surface area contributed by atoms with Gasteiger partial charge in [0.25, 0.3) is 5.91 Å². The van der Waals surface area contributed by atoms with Crippen LogP contribution in [0.3, 0.4) is 0 Å². The highest BCUT2D eigenvalue weighted by atomic mass is 16.5. The van der Waals surface area contributed by atoms with Crippen molar-refractivity contribution >= 4 is 16.9 Å². The number of methoxy groups -OCH3 is 1. The molecule has 1 aliphatic heterocycles. The highest BCUT2D eigenvalue weighted by molar-refractivity contribution is 5.99. The van der Waals surface area contributed by atoms with Crippen molar-refractivity contribution in [3.05, 3.63) is 141 Å². The topological polar surface area (TPSA) is 69.0 Å². The summed E-state index contributed by atoms with van der Waals surface area (Å²) in [6, 6.07) is 29.9. The van der Waals surface area contributed by atoms with Crippen LogP contribution in [0.2, 0.25) is 0 Å². The maximum Gasteiger partial charge on any atom is 0.291 e. The highest BCUT2D eigenvalue weighted by Crippen LogP contribution is 2.42. The molecule has 194 valence electrons. The fourth-order valence-corrected chi connectivity index (χ4v) is 5.13. The van der Waals surface area contributed by atoms with Crippen LogP contribution >= 0.6 is 0 Å². The van der Waals surface area contributed by atoms with Crippen LogP contribution in [-0.4, -0.2) is 17.9 Å². The third kappa shape index (κ3) is 4.55. The predicted molar refractivity (Wildman–Crippen MR) is 149 cm³/mol. The molecule has 0 spiro atoms. The van der Waals surface area contributed by atoms with E-state index in [0.717, 1.165) is 22.3 Å². The van der Waals surface area contributed by atoms with Crippen LogP contribution in [0.5, 0.6) is 11.5 Å². The molecule has 6 heteroatoms. The fourth-order valence-electron chi connectivity index (χ4n) is 5.13. The third-order valence-corrected chi connectivity index (χ3v) is 7.06. The van der Waals surface area contributed by atoms with Gasteiger partial charge in [-0.05, 0) is 47.9 Å². The molecule has 2 heterocycles. The third-order valence-electron chi connectivity index (χ3n) is 7.06. The lowest BCUT2D eigenvalue weighted by Gasteiger charge is -2.26. The van der Waals surface area contributed by atoms with E-state index in [1.165, 1.54) is 0 Å². The van der Waals surface area contributed by atoms with E-state index in [9.17, 15) is 9.59 Å². The van der Waals surface area contributed by atoms with Crippen LogP contribution in [0, 0.1) is 6.92 Å². The first-order valence-electron chi connectivity index (χ1n) is 12.8. The maximum absolute atomic E-state index is 13.9. The minimum Gasteiger partial charge on any atom is -0.493 e. The van der Waals surface area contributed by atoms with E-state index in [1.54, 1.807) is 18.1 Å². The summed E-state index contributed by atoms with van der Waals surface area (Å²) >= 11 is 0. The Balaban J connectivity index is 1.45. The van der Waals surface area contributed by atoms with E-state index in [-0.39, 0.29) is 17.1 Å². The zero-order valence-electron chi connectivity index (χ0n) is 21.7. The van der Waals surface area contributed by atoms with Crippen molar-refractivity contribution in [3.63, 3.8) is 0 Å². The average molecular weight is 518 g/mol. The van der Waals surface area contributed by atoms with Crippen molar-refractivity contribution < 1.29 is 18.7 Å². The van der Waals surface area contributed by atoms with E-state index in [2.05, 4.69) is 0 Å². The van der Waals surface area contributed by atoms with Gasteiger partial charge in [-0.1, -0.05) is 78.4 Å². The zero-order valence-corrected chi connectivity index (χ0v) is 21.7. The molecule has 0 saturated carbocycles. The summed E-state index contributed by atoms with van der Waals surface area (Å²) in [6.07, 6.45) is 0. The number of rotatable bonds is 7. The minimum absolute atomic E-state index is 0.0839. The van der Waals surface area contributed by atoms with Crippen LogP contribution in [0.4, 0.5) is 0 Å². The molecule has 0 fully saturated rings. The number of hydrogen-bond donors (Lipinski definition) is 0. The summed E-state index contributed by atoms with van der Waals surface area (Å²) in [5.74, 6) is 0.859. The first kappa shape index (κ1) is 24.5. The number of ether oxygens (including phenoxy) is 2. The number of amides is 1. The SMILES string of the molecule is COc1cc(C2c3c(oc4ccc(C)cc4c3=O)C(=O)N2Cc2ccccc2)ccc1OCc1ccccc1. The molecule has 1 atom stereocenters. The van der Waals surface area contributed by atoms with Crippen molar-refractivity contribution in [2.75, 3.05) is 7.11 Å². The van der Waals surface area contributed by atoms with Gasteiger partial charge < -0.3 is 18.8 Å². The van der Waals surface area contributed by atoms with E-state index < -0.39 is 6.04 Å². The lowest BCUT2D eigenvalue weighted by Crippen LogP contribution is -2.29. The summed E-state index contributed by atoms with van der Waals surface area (Å²) in [5, 5.41) is 0.461. The molecule has 1 amide bonds. The van der Waals surface area contributed by atoms with Crippen LogP contribution in [0.25, 0.3) is 11.0 Å².